The number of hydrazine groups is 2. The van der Waals surface area contributed by atoms with E-state index in [0.717, 1.165) is 5.69 Å². The van der Waals surface area contributed by atoms with Crippen molar-refractivity contribution in [3.63, 3.8) is 0 Å². The first kappa shape index (κ1) is 12.4. The zero-order chi connectivity index (χ0) is 13.0. The molecular weight excluding hydrogens is 254 g/mol. The molecule has 0 bridgehead atoms. The predicted molar refractivity (Wildman–Crippen MR) is 72.4 cm³/mol. The van der Waals surface area contributed by atoms with Crippen molar-refractivity contribution in [1.82, 2.24) is 9.97 Å². The normalized spacial score (nSPS) is 9.94. The summed E-state index contributed by atoms with van der Waals surface area (Å²) in [5.74, 6) is 11.8. The molecule has 7 nitrogen and oxygen atoms in total. The summed E-state index contributed by atoms with van der Waals surface area (Å²) in [4.78, 5) is 8.26. The highest BCUT2D eigenvalue weighted by atomic mass is 35.5. The molecule has 0 fully saturated rings. The maximum absolute atomic E-state index is 5.80. The van der Waals surface area contributed by atoms with Crippen LogP contribution in [0.4, 0.5) is 23.3 Å². The minimum absolute atomic E-state index is 0.362. The van der Waals surface area contributed by atoms with E-state index in [2.05, 4.69) is 26.1 Å². The average molecular weight is 266 g/mol. The third kappa shape index (κ3) is 2.98. The van der Waals surface area contributed by atoms with Crippen LogP contribution in [0.5, 0.6) is 0 Å². The Morgan fingerprint density at radius 2 is 1.50 bits per heavy atom. The molecule has 0 unspecified atom stereocenters. The Morgan fingerprint density at radius 3 is 2.00 bits per heavy atom. The lowest BCUT2D eigenvalue weighted by molar-refractivity contribution is 1.12. The van der Waals surface area contributed by atoms with Gasteiger partial charge < -0.3 is 16.2 Å². The van der Waals surface area contributed by atoms with Crippen LogP contribution >= 0.6 is 11.6 Å². The summed E-state index contributed by atoms with van der Waals surface area (Å²) < 4.78 is 0. The summed E-state index contributed by atoms with van der Waals surface area (Å²) in [5, 5.41) is 3.66. The standard InChI is InChI=1S/C10H12ClN7/c11-6-1-3-7(4-2-6)14-10-15-8(17-12)5-9(16-10)18-13/h1-5H,12-13H2,(H3,14,15,16,17,18). The number of nitrogens with one attached hydrogen (secondary N) is 3. The Hall–Kier alpha value is -2.09. The van der Waals surface area contributed by atoms with Gasteiger partial charge in [-0.1, -0.05) is 11.6 Å². The fraction of sp³-hybridized carbons (Fsp3) is 0. The monoisotopic (exact) mass is 265 g/mol. The van der Waals surface area contributed by atoms with Gasteiger partial charge in [-0.05, 0) is 24.3 Å². The number of hydrogen-bond acceptors (Lipinski definition) is 7. The molecule has 2 rings (SSSR count). The zero-order valence-corrected chi connectivity index (χ0v) is 10.1. The first-order valence-corrected chi connectivity index (χ1v) is 5.44. The van der Waals surface area contributed by atoms with E-state index in [9.17, 15) is 0 Å². The van der Waals surface area contributed by atoms with Gasteiger partial charge in [0.25, 0.3) is 0 Å². The second-order valence-corrected chi connectivity index (χ2v) is 3.82. The summed E-state index contributed by atoms with van der Waals surface area (Å²) in [5.41, 5.74) is 5.66. The van der Waals surface area contributed by atoms with Crippen molar-refractivity contribution in [1.29, 1.82) is 0 Å². The minimum atomic E-state index is 0.362. The van der Waals surface area contributed by atoms with Crippen LogP contribution in [0.1, 0.15) is 0 Å². The fourth-order valence-electron chi connectivity index (χ4n) is 1.31. The first-order valence-electron chi connectivity index (χ1n) is 5.06. The average Bonchev–Trinajstić information content (AvgIpc) is 2.41. The van der Waals surface area contributed by atoms with E-state index < -0.39 is 0 Å². The van der Waals surface area contributed by atoms with Crippen LogP contribution in [0.2, 0.25) is 5.02 Å². The Labute approximate surface area is 109 Å². The molecule has 0 aliphatic carbocycles. The van der Waals surface area contributed by atoms with Crippen LogP contribution in [-0.4, -0.2) is 9.97 Å². The van der Waals surface area contributed by atoms with Crippen molar-refractivity contribution in [2.75, 3.05) is 16.2 Å². The molecule has 7 N–H and O–H groups in total. The third-order valence-electron chi connectivity index (χ3n) is 2.12. The highest BCUT2D eigenvalue weighted by Crippen LogP contribution is 2.19. The molecule has 18 heavy (non-hydrogen) atoms. The van der Waals surface area contributed by atoms with Crippen LogP contribution in [0.3, 0.4) is 0 Å². The molecule has 0 atom stereocenters. The third-order valence-corrected chi connectivity index (χ3v) is 2.37. The Morgan fingerprint density at radius 1 is 0.944 bits per heavy atom. The van der Waals surface area contributed by atoms with Crippen LogP contribution in [-0.2, 0) is 0 Å². The van der Waals surface area contributed by atoms with Crippen molar-refractivity contribution in [3.05, 3.63) is 35.4 Å². The van der Waals surface area contributed by atoms with E-state index >= 15 is 0 Å². The second kappa shape index (κ2) is 5.50. The summed E-state index contributed by atoms with van der Waals surface area (Å²) in [6.07, 6.45) is 0. The van der Waals surface area contributed by atoms with Gasteiger partial charge in [0, 0.05) is 16.8 Å². The van der Waals surface area contributed by atoms with Crippen LogP contribution in [0.25, 0.3) is 0 Å². The number of anilines is 4. The van der Waals surface area contributed by atoms with E-state index in [-0.39, 0.29) is 0 Å². The molecule has 0 amide bonds. The first-order chi connectivity index (χ1) is 8.71. The van der Waals surface area contributed by atoms with Gasteiger partial charge in [0.2, 0.25) is 5.95 Å². The number of rotatable bonds is 4. The van der Waals surface area contributed by atoms with Crippen molar-refractivity contribution < 1.29 is 0 Å². The molecule has 94 valence electrons. The molecule has 0 spiro atoms. The van der Waals surface area contributed by atoms with Crippen molar-refractivity contribution in [2.24, 2.45) is 11.7 Å². The van der Waals surface area contributed by atoms with Gasteiger partial charge in [0.15, 0.2) is 0 Å². The molecule has 8 heteroatoms. The molecular formula is C10H12ClN7. The number of nitrogen functional groups attached to an aromatic ring is 2. The van der Waals surface area contributed by atoms with Crippen molar-refractivity contribution >= 4 is 34.9 Å². The van der Waals surface area contributed by atoms with Crippen molar-refractivity contribution in [3.8, 4) is 0 Å². The zero-order valence-electron chi connectivity index (χ0n) is 9.31. The number of nitrogens with zero attached hydrogens (tertiary/aromatic N) is 2. The smallest absolute Gasteiger partial charge is 0.231 e. The molecule has 1 aromatic heterocycles. The van der Waals surface area contributed by atoms with E-state index in [4.69, 9.17) is 23.3 Å². The molecule has 0 saturated heterocycles. The van der Waals surface area contributed by atoms with Gasteiger partial charge in [-0.2, -0.15) is 9.97 Å². The fourth-order valence-corrected chi connectivity index (χ4v) is 1.44. The van der Waals surface area contributed by atoms with Gasteiger partial charge >= 0.3 is 0 Å². The number of benzene rings is 1. The van der Waals surface area contributed by atoms with Gasteiger partial charge in [0.05, 0.1) is 0 Å². The lowest BCUT2D eigenvalue weighted by Gasteiger charge is -2.08. The molecule has 0 aliphatic heterocycles. The van der Waals surface area contributed by atoms with Gasteiger partial charge in [0.1, 0.15) is 11.6 Å². The van der Waals surface area contributed by atoms with Gasteiger partial charge in [-0.25, -0.2) is 11.7 Å². The molecule has 1 heterocycles. The summed E-state index contributed by atoms with van der Waals surface area (Å²) >= 11 is 5.80. The second-order valence-electron chi connectivity index (χ2n) is 3.38. The highest BCUT2D eigenvalue weighted by molar-refractivity contribution is 6.30. The lowest BCUT2D eigenvalue weighted by atomic mass is 10.3. The summed E-state index contributed by atoms with van der Waals surface area (Å²) in [6.45, 7) is 0. The minimum Gasteiger partial charge on any atom is -0.324 e. The Kier molecular flexibility index (Phi) is 3.78. The van der Waals surface area contributed by atoms with E-state index in [1.807, 2.05) is 12.1 Å². The molecule has 0 saturated carbocycles. The SMILES string of the molecule is NNc1cc(NN)nc(Nc2ccc(Cl)cc2)n1. The maximum Gasteiger partial charge on any atom is 0.231 e. The molecule has 2 aromatic rings. The summed E-state index contributed by atoms with van der Waals surface area (Å²) in [6, 6.07) is 8.72. The number of aromatic nitrogens is 2. The Bertz CT molecular complexity index is 506. The largest absolute Gasteiger partial charge is 0.324 e. The predicted octanol–water partition coefficient (Wildman–Crippen LogP) is 1.44. The molecule has 1 aromatic carbocycles. The van der Waals surface area contributed by atoms with Crippen LogP contribution in [0.15, 0.2) is 30.3 Å². The molecule has 0 aliphatic rings. The van der Waals surface area contributed by atoms with E-state index in [1.54, 1.807) is 18.2 Å². The van der Waals surface area contributed by atoms with Crippen LogP contribution < -0.4 is 27.9 Å². The van der Waals surface area contributed by atoms with Crippen molar-refractivity contribution in [2.45, 2.75) is 0 Å². The highest BCUT2D eigenvalue weighted by Gasteiger charge is 2.03. The number of halogens is 1. The lowest BCUT2D eigenvalue weighted by Crippen LogP contribution is -2.14. The topological polar surface area (TPSA) is 114 Å². The summed E-state index contributed by atoms with van der Waals surface area (Å²) in [7, 11) is 0. The van der Waals surface area contributed by atoms with Gasteiger partial charge in [-0.15, -0.1) is 0 Å². The van der Waals surface area contributed by atoms with Crippen LogP contribution in [0, 0.1) is 0 Å². The molecule has 0 radical (unpaired) electrons. The maximum atomic E-state index is 5.80. The number of nitrogens with two attached hydrogens (primary N) is 2. The van der Waals surface area contributed by atoms with Gasteiger partial charge in [-0.3, -0.25) is 0 Å². The van der Waals surface area contributed by atoms with E-state index in [0.29, 0.717) is 22.6 Å². The number of hydrogen-bond donors (Lipinski definition) is 5. The van der Waals surface area contributed by atoms with E-state index in [1.165, 1.54) is 0 Å². The quantitative estimate of drug-likeness (QED) is 0.420. The Balaban J connectivity index is 2.25.